The van der Waals surface area contributed by atoms with Gasteiger partial charge in [0, 0.05) is 28.7 Å². The number of hydrogen-bond acceptors (Lipinski definition) is 2. The van der Waals surface area contributed by atoms with E-state index in [2.05, 4.69) is 131 Å². The quantitative estimate of drug-likeness (QED) is 0.212. The van der Waals surface area contributed by atoms with Crippen molar-refractivity contribution in [2.75, 3.05) is 0 Å². The molecule has 2 heteroatoms. The third kappa shape index (κ3) is 3.45. The van der Waals surface area contributed by atoms with Crippen molar-refractivity contribution in [3.63, 3.8) is 0 Å². The highest BCUT2D eigenvalue weighted by molar-refractivity contribution is 6.28. The third-order valence-corrected chi connectivity index (χ3v) is 8.72. The smallest absolute Gasteiger partial charge is 0.0708 e. The Balaban J connectivity index is 1.22. The van der Waals surface area contributed by atoms with Crippen molar-refractivity contribution >= 4 is 54.1 Å². The highest BCUT2D eigenvalue weighted by Crippen LogP contribution is 2.43. The largest absolute Gasteiger partial charge is 0.256 e. The molecular formula is C40H24N2. The fourth-order valence-electron chi connectivity index (χ4n) is 6.70. The van der Waals surface area contributed by atoms with Crippen LogP contribution < -0.4 is 0 Å². The van der Waals surface area contributed by atoms with Gasteiger partial charge in [-0.2, -0.15) is 0 Å². The van der Waals surface area contributed by atoms with Crippen molar-refractivity contribution in [2.45, 2.75) is 0 Å². The monoisotopic (exact) mass is 532 g/mol. The summed E-state index contributed by atoms with van der Waals surface area (Å²) in [6.07, 6.45) is 3.83. The molecule has 0 aliphatic carbocycles. The van der Waals surface area contributed by atoms with E-state index >= 15 is 0 Å². The highest BCUT2D eigenvalue weighted by Gasteiger charge is 2.16. The van der Waals surface area contributed by atoms with E-state index < -0.39 is 0 Å². The number of hydrogen-bond donors (Lipinski definition) is 0. The zero-order chi connectivity index (χ0) is 27.6. The summed E-state index contributed by atoms with van der Waals surface area (Å²) in [6.45, 7) is 0. The van der Waals surface area contributed by atoms with Gasteiger partial charge in [0.2, 0.25) is 0 Å². The maximum Gasteiger partial charge on any atom is 0.0708 e. The Hall–Kier alpha value is -5.60. The van der Waals surface area contributed by atoms with Gasteiger partial charge in [-0.1, -0.05) is 109 Å². The lowest BCUT2D eigenvalue weighted by Crippen LogP contribution is -1.90. The normalized spacial score (nSPS) is 11.8. The van der Waals surface area contributed by atoms with Crippen LogP contribution in [0, 0.1) is 0 Å². The molecule has 0 N–H and O–H groups in total. The van der Waals surface area contributed by atoms with Crippen molar-refractivity contribution in [1.82, 2.24) is 9.97 Å². The van der Waals surface area contributed by atoms with Gasteiger partial charge in [0.1, 0.15) is 0 Å². The van der Waals surface area contributed by atoms with E-state index in [1.165, 1.54) is 65.5 Å². The van der Waals surface area contributed by atoms with Crippen molar-refractivity contribution in [2.24, 2.45) is 0 Å². The molecule has 0 aliphatic heterocycles. The fourth-order valence-corrected chi connectivity index (χ4v) is 6.70. The summed E-state index contributed by atoms with van der Waals surface area (Å²) in [6, 6.07) is 48.2. The highest BCUT2D eigenvalue weighted by atomic mass is 14.6. The molecule has 0 amide bonds. The predicted octanol–water partition coefficient (Wildman–Crippen LogP) is 10.7. The first-order valence-electron chi connectivity index (χ1n) is 14.3. The molecule has 0 radical (unpaired) electrons. The number of fused-ring (bicyclic) bond motifs is 2. The third-order valence-electron chi connectivity index (χ3n) is 8.72. The lowest BCUT2D eigenvalue weighted by molar-refractivity contribution is 1.41. The zero-order valence-electron chi connectivity index (χ0n) is 22.8. The summed E-state index contributed by atoms with van der Waals surface area (Å²) in [5.41, 5.74) is 9.27. The SMILES string of the molecule is c1ccc2ncc(-c3ccc(-c4ccc5ccc6c(-c7cccc8ncccc78)ccc7ccc4c5c76)cc3)cc2c1. The topological polar surface area (TPSA) is 25.8 Å². The summed E-state index contributed by atoms with van der Waals surface area (Å²) < 4.78 is 0. The van der Waals surface area contributed by atoms with Crippen LogP contribution in [0.25, 0.3) is 87.5 Å². The Morgan fingerprint density at radius 3 is 1.86 bits per heavy atom. The first-order chi connectivity index (χ1) is 20.8. The van der Waals surface area contributed by atoms with Crippen LogP contribution in [-0.2, 0) is 0 Å². The van der Waals surface area contributed by atoms with Crippen LogP contribution in [0.4, 0.5) is 0 Å². The molecule has 9 aromatic rings. The molecule has 9 rings (SSSR count). The van der Waals surface area contributed by atoms with Crippen LogP contribution in [-0.4, -0.2) is 9.97 Å². The number of rotatable bonds is 3. The van der Waals surface area contributed by atoms with Gasteiger partial charge in [-0.15, -0.1) is 0 Å². The Kier molecular flexibility index (Phi) is 4.93. The zero-order valence-corrected chi connectivity index (χ0v) is 22.8. The Morgan fingerprint density at radius 2 is 1.02 bits per heavy atom. The molecule has 0 saturated carbocycles. The maximum atomic E-state index is 4.67. The molecule has 0 unspecified atom stereocenters. The van der Waals surface area contributed by atoms with Gasteiger partial charge in [-0.3, -0.25) is 9.97 Å². The molecule has 2 nitrogen and oxygen atoms in total. The Morgan fingerprint density at radius 1 is 0.357 bits per heavy atom. The fraction of sp³-hybridized carbons (Fsp3) is 0. The maximum absolute atomic E-state index is 4.67. The molecule has 0 atom stereocenters. The molecule has 2 aromatic heterocycles. The second-order valence-electron chi connectivity index (χ2n) is 11.0. The molecule has 194 valence electrons. The van der Waals surface area contributed by atoms with Crippen LogP contribution in [0.3, 0.4) is 0 Å². The van der Waals surface area contributed by atoms with E-state index in [0.717, 1.165) is 22.0 Å². The molecule has 0 aliphatic rings. The molecule has 2 heterocycles. The van der Waals surface area contributed by atoms with E-state index in [1.54, 1.807) is 0 Å². The van der Waals surface area contributed by atoms with Crippen LogP contribution in [0.2, 0.25) is 0 Å². The van der Waals surface area contributed by atoms with E-state index in [1.807, 2.05) is 24.5 Å². The average Bonchev–Trinajstić information content (AvgIpc) is 3.06. The summed E-state index contributed by atoms with van der Waals surface area (Å²) in [7, 11) is 0. The average molecular weight is 533 g/mol. The summed E-state index contributed by atoms with van der Waals surface area (Å²) in [4.78, 5) is 9.28. The number of para-hydroxylation sites is 1. The van der Waals surface area contributed by atoms with E-state index in [-0.39, 0.29) is 0 Å². The van der Waals surface area contributed by atoms with Gasteiger partial charge in [0.25, 0.3) is 0 Å². The molecular weight excluding hydrogens is 508 g/mol. The first-order valence-corrected chi connectivity index (χ1v) is 14.3. The van der Waals surface area contributed by atoms with Crippen molar-refractivity contribution < 1.29 is 0 Å². The second-order valence-corrected chi connectivity index (χ2v) is 11.0. The Labute approximate surface area is 242 Å². The second kappa shape index (κ2) is 8.95. The standard InChI is InChI=1S/C40H24N2/c1-2-8-37-29(5-1)23-30(24-42-37)25-10-12-26(13-11-25)31-18-14-27-17-21-36-33(19-15-28-16-20-35(31)39(27)40(28)36)32-6-3-9-38-34(32)7-4-22-41-38/h1-24H. The van der Waals surface area contributed by atoms with E-state index in [0.29, 0.717) is 0 Å². The molecule has 42 heavy (non-hydrogen) atoms. The summed E-state index contributed by atoms with van der Waals surface area (Å²) in [5.74, 6) is 0. The van der Waals surface area contributed by atoms with Gasteiger partial charge in [0.05, 0.1) is 11.0 Å². The van der Waals surface area contributed by atoms with Gasteiger partial charge in [0.15, 0.2) is 0 Å². The number of pyridine rings is 2. The van der Waals surface area contributed by atoms with Crippen molar-refractivity contribution in [3.05, 3.63) is 146 Å². The molecule has 0 saturated heterocycles. The van der Waals surface area contributed by atoms with Crippen molar-refractivity contribution in [1.29, 1.82) is 0 Å². The van der Waals surface area contributed by atoms with Crippen LogP contribution in [0.5, 0.6) is 0 Å². The van der Waals surface area contributed by atoms with Crippen LogP contribution >= 0.6 is 0 Å². The first kappa shape index (κ1) is 23.1. The minimum Gasteiger partial charge on any atom is -0.256 e. The predicted molar refractivity (Wildman–Crippen MR) is 177 cm³/mol. The minimum absolute atomic E-state index is 1.02. The molecule has 0 bridgehead atoms. The van der Waals surface area contributed by atoms with Gasteiger partial charge >= 0.3 is 0 Å². The van der Waals surface area contributed by atoms with Crippen LogP contribution in [0.15, 0.2) is 146 Å². The Bertz CT molecular complexity index is 2450. The molecule has 7 aromatic carbocycles. The lowest BCUT2D eigenvalue weighted by atomic mass is 9.86. The molecule has 0 fully saturated rings. The minimum atomic E-state index is 1.02. The number of aromatic nitrogens is 2. The summed E-state index contributed by atoms with van der Waals surface area (Å²) >= 11 is 0. The van der Waals surface area contributed by atoms with E-state index in [9.17, 15) is 0 Å². The van der Waals surface area contributed by atoms with Gasteiger partial charge < -0.3 is 0 Å². The van der Waals surface area contributed by atoms with Gasteiger partial charge in [-0.25, -0.2) is 0 Å². The van der Waals surface area contributed by atoms with E-state index in [4.69, 9.17) is 0 Å². The van der Waals surface area contributed by atoms with Crippen molar-refractivity contribution in [3.8, 4) is 33.4 Å². The lowest BCUT2D eigenvalue weighted by Gasteiger charge is -2.17. The van der Waals surface area contributed by atoms with Crippen LogP contribution in [0.1, 0.15) is 0 Å². The molecule has 0 spiro atoms. The van der Waals surface area contributed by atoms with Gasteiger partial charge in [-0.05, 0) is 84.4 Å². The summed E-state index contributed by atoms with van der Waals surface area (Å²) in [5, 5.41) is 10.1. The number of benzene rings is 7. The number of nitrogens with zero attached hydrogens (tertiary/aromatic N) is 2.